The van der Waals surface area contributed by atoms with Gasteiger partial charge in [-0.2, -0.15) is 0 Å². The van der Waals surface area contributed by atoms with Crippen LogP contribution in [0.15, 0.2) is 47.6 Å². The lowest BCUT2D eigenvalue weighted by Gasteiger charge is -2.49. The van der Waals surface area contributed by atoms with E-state index in [2.05, 4.69) is 72.3 Å². The molecule has 3 heteroatoms. The van der Waals surface area contributed by atoms with Crippen LogP contribution in [-0.4, -0.2) is 29.3 Å². The van der Waals surface area contributed by atoms with Crippen molar-refractivity contribution in [1.82, 2.24) is 9.47 Å². The summed E-state index contributed by atoms with van der Waals surface area (Å²) in [6.45, 7) is 12.0. The average molecular weight is 348 g/mol. The van der Waals surface area contributed by atoms with Crippen LogP contribution >= 0.6 is 0 Å². The van der Waals surface area contributed by atoms with Gasteiger partial charge in [0.2, 0.25) is 0 Å². The van der Waals surface area contributed by atoms with E-state index >= 15 is 0 Å². The molecule has 2 aromatic rings. The lowest BCUT2D eigenvalue weighted by Crippen LogP contribution is -2.45. The number of fused-ring (bicyclic) bond motifs is 3. The van der Waals surface area contributed by atoms with Crippen LogP contribution in [-0.2, 0) is 6.42 Å². The van der Waals surface area contributed by atoms with Crippen molar-refractivity contribution < 1.29 is 0 Å². The molecule has 0 aliphatic carbocycles. The zero-order chi connectivity index (χ0) is 18.5. The minimum Gasteiger partial charge on any atom is -0.310 e. The molecule has 0 spiro atoms. The number of aromatic nitrogens is 1. The lowest BCUT2D eigenvalue weighted by molar-refractivity contribution is 0.0941. The highest BCUT2D eigenvalue weighted by molar-refractivity contribution is 5.92. The first-order valence-electron chi connectivity index (χ1n) is 9.81. The Labute approximate surface area is 156 Å². The summed E-state index contributed by atoms with van der Waals surface area (Å²) in [5, 5.41) is 1.39. The third-order valence-corrected chi connectivity index (χ3v) is 6.54. The van der Waals surface area contributed by atoms with E-state index < -0.39 is 0 Å². The average Bonchev–Trinajstić information content (AvgIpc) is 3.00. The van der Waals surface area contributed by atoms with E-state index in [-0.39, 0.29) is 5.41 Å². The molecule has 26 heavy (non-hydrogen) atoms. The maximum Gasteiger partial charge on any atom is 0.0791 e. The Balaban J connectivity index is 2.11. The van der Waals surface area contributed by atoms with Crippen molar-refractivity contribution >= 4 is 22.8 Å². The van der Waals surface area contributed by atoms with E-state index in [1.54, 1.807) is 0 Å². The molecule has 1 aromatic heterocycles. The zero-order valence-corrected chi connectivity index (χ0v) is 16.4. The van der Waals surface area contributed by atoms with Crippen LogP contribution in [0.2, 0.25) is 0 Å². The summed E-state index contributed by atoms with van der Waals surface area (Å²) in [6, 6.07) is 9.23. The quantitative estimate of drug-likeness (QED) is 0.675. The number of benzene rings is 1. The third-order valence-electron chi connectivity index (χ3n) is 6.54. The van der Waals surface area contributed by atoms with Crippen molar-refractivity contribution in [3.8, 4) is 0 Å². The number of para-hydroxylation sites is 1. The fourth-order valence-corrected chi connectivity index (χ4v) is 5.16. The van der Waals surface area contributed by atoms with Gasteiger partial charge in [-0.15, -0.1) is 0 Å². The van der Waals surface area contributed by atoms with Gasteiger partial charge in [0.15, 0.2) is 0 Å². The van der Waals surface area contributed by atoms with E-state index in [1.165, 1.54) is 22.2 Å². The molecule has 136 valence electrons. The van der Waals surface area contributed by atoms with E-state index in [4.69, 9.17) is 0 Å². The molecule has 1 atom stereocenters. The zero-order valence-electron chi connectivity index (χ0n) is 16.4. The first kappa shape index (κ1) is 17.3. The molecule has 0 saturated heterocycles. The predicted octanol–water partition coefficient (Wildman–Crippen LogP) is 5.44. The highest BCUT2D eigenvalue weighted by Gasteiger charge is 2.46. The van der Waals surface area contributed by atoms with Crippen LogP contribution in [0.4, 0.5) is 0 Å². The molecule has 0 N–H and O–H groups in total. The van der Waals surface area contributed by atoms with Crippen molar-refractivity contribution in [2.24, 2.45) is 10.4 Å². The standard InChI is InChI=1S/C23H29N3/c1-6-23(7-2)15-20(16(4)24-8-3)26-19-12-10-9-11-17(19)18-13-14-25(5)22(23)21(18)26/h8-12,15,22H,4,6-7,13-14H2,1-3,5H3/t22-/m1/s1. The summed E-state index contributed by atoms with van der Waals surface area (Å²) in [7, 11) is 2.29. The summed E-state index contributed by atoms with van der Waals surface area (Å²) in [5.41, 5.74) is 6.42. The molecule has 3 nitrogen and oxygen atoms in total. The van der Waals surface area contributed by atoms with Crippen LogP contribution < -0.4 is 0 Å². The summed E-state index contributed by atoms with van der Waals surface area (Å²) < 4.78 is 2.45. The largest absolute Gasteiger partial charge is 0.310 e. The van der Waals surface area contributed by atoms with Crippen molar-refractivity contribution in [3.05, 3.63) is 53.9 Å². The van der Waals surface area contributed by atoms with E-state index in [0.29, 0.717) is 6.04 Å². The Bertz CT molecular complexity index is 924. The van der Waals surface area contributed by atoms with Gasteiger partial charge in [-0.05, 0) is 50.9 Å². The molecule has 0 bridgehead atoms. The molecule has 0 radical (unpaired) electrons. The number of hydrogen-bond acceptors (Lipinski definition) is 2. The monoisotopic (exact) mass is 347 g/mol. The molecule has 4 rings (SSSR count). The maximum absolute atomic E-state index is 4.56. The minimum absolute atomic E-state index is 0.121. The first-order valence-corrected chi connectivity index (χ1v) is 9.81. The SMILES string of the molecule is C=C(N=CC)C1=CC(CC)(CC)[C@H]2c3c(c4ccccc4n31)CCN2C. The van der Waals surface area contributed by atoms with Crippen molar-refractivity contribution in [1.29, 1.82) is 0 Å². The van der Waals surface area contributed by atoms with Gasteiger partial charge in [0, 0.05) is 29.3 Å². The predicted molar refractivity (Wildman–Crippen MR) is 112 cm³/mol. The number of aliphatic imine (C=N–C) groups is 1. The second-order valence-electron chi connectivity index (χ2n) is 7.65. The van der Waals surface area contributed by atoms with Crippen molar-refractivity contribution in [2.45, 2.75) is 46.1 Å². The number of hydrogen-bond donors (Lipinski definition) is 0. The third kappa shape index (κ3) is 2.20. The van der Waals surface area contributed by atoms with Crippen LogP contribution in [0.3, 0.4) is 0 Å². The second-order valence-corrected chi connectivity index (χ2v) is 7.65. The van der Waals surface area contributed by atoms with Gasteiger partial charge in [-0.1, -0.05) is 38.6 Å². The van der Waals surface area contributed by atoms with Crippen LogP contribution in [0.1, 0.15) is 50.9 Å². The van der Waals surface area contributed by atoms with Gasteiger partial charge >= 0.3 is 0 Å². The Morgan fingerprint density at radius 1 is 1.31 bits per heavy atom. The molecule has 0 amide bonds. The Hall–Kier alpha value is -2.13. The Morgan fingerprint density at radius 3 is 2.73 bits per heavy atom. The van der Waals surface area contributed by atoms with Gasteiger partial charge in [0.25, 0.3) is 0 Å². The lowest BCUT2D eigenvalue weighted by atomic mass is 9.69. The van der Waals surface area contributed by atoms with E-state index in [1.807, 2.05) is 13.1 Å². The van der Waals surface area contributed by atoms with Gasteiger partial charge in [-0.25, -0.2) is 0 Å². The molecular weight excluding hydrogens is 318 g/mol. The van der Waals surface area contributed by atoms with Gasteiger partial charge in [0.1, 0.15) is 0 Å². The van der Waals surface area contributed by atoms with Crippen LogP contribution in [0, 0.1) is 5.41 Å². The van der Waals surface area contributed by atoms with Gasteiger partial charge in [0.05, 0.1) is 23.0 Å². The fourth-order valence-electron chi connectivity index (χ4n) is 5.16. The van der Waals surface area contributed by atoms with Crippen LogP contribution in [0.5, 0.6) is 0 Å². The molecule has 3 heterocycles. The van der Waals surface area contributed by atoms with Gasteiger partial charge < -0.3 is 4.57 Å². The summed E-state index contributed by atoms with van der Waals surface area (Å²) >= 11 is 0. The summed E-state index contributed by atoms with van der Waals surface area (Å²) in [6.07, 6.45) is 7.66. The molecule has 1 aromatic carbocycles. The number of allylic oxidation sites excluding steroid dienone is 1. The van der Waals surface area contributed by atoms with E-state index in [9.17, 15) is 0 Å². The van der Waals surface area contributed by atoms with E-state index in [0.717, 1.165) is 37.2 Å². The normalized spacial score (nSPS) is 21.8. The highest BCUT2D eigenvalue weighted by Crippen LogP contribution is 2.54. The maximum atomic E-state index is 4.56. The number of likely N-dealkylation sites (N-methyl/N-ethyl adjacent to an activating group) is 1. The minimum atomic E-state index is 0.121. The summed E-state index contributed by atoms with van der Waals surface area (Å²) in [4.78, 5) is 7.12. The highest BCUT2D eigenvalue weighted by atomic mass is 15.2. The number of rotatable bonds is 4. The Morgan fingerprint density at radius 2 is 2.04 bits per heavy atom. The first-order chi connectivity index (χ1) is 12.6. The second kappa shape index (κ2) is 6.24. The topological polar surface area (TPSA) is 20.5 Å². The molecular formula is C23H29N3. The molecule has 0 saturated carbocycles. The number of nitrogens with zero attached hydrogens (tertiary/aromatic N) is 3. The van der Waals surface area contributed by atoms with Crippen molar-refractivity contribution in [3.63, 3.8) is 0 Å². The van der Waals surface area contributed by atoms with Crippen molar-refractivity contribution in [2.75, 3.05) is 13.6 Å². The molecule has 2 aliphatic rings. The molecule has 2 aliphatic heterocycles. The smallest absolute Gasteiger partial charge is 0.0791 e. The Kier molecular flexibility index (Phi) is 4.15. The van der Waals surface area contributed by atoms with Gasteiger partial charge in [-0.3, -0.25) is 9.89 Å². The molecule has 0 fully saturated rings. The molecule has 0 unspecified atom stereocenters. The van der Waals surface area contributed by atoms with Crippen LogP contribution in [0.25, 0.3) is 16.6 Å². The summed E-state index contributed by atoms with van der Waals surface area (Å²) in [5.74, 6) is 0. The fraction of sp³-hybridized carbons (Fsp3) is 0.435.